The lowest BCUT2D eigenvalue weighted by molar-refractivity contribution is 0.911. The molecule has 0 amide bonds. The second kappa shape index (κ2) is 6.42. The fourth-order valence-electron chi connectivity index (χ4n) is 1.63. The third-order valence-electron chi connectivity index (χ3n) is 2.55. The second-order valence-electron chi connectivity index (χ2n) is 3.80. The average molecular weight is 412 g/mol. The van der Waals surface area contributed by atoms with E-state index in [1.54, 1.807) is 12.4 Å². The van der Waals surface area contributed by atoms with Crippen LogP contribution in [0, 0.1) is 3.57 Å². The number of hydrogen-bond donors (Lipinski definition) is 0. The molecule has 2 rings (SSSR count). The molecule has 1 aromatic heterocycles. The van der Waals surface area contributed by atoms with Gasteiger partial charge in [-0.15, -0.1) is 11.6 Å². The van der Waals surface area contributed by atoms with E-state index in [9.17, 15) is 0 Å². The topological polar surface area (TPSA) is 12.9 Å². The summed E-state index contributed by atoms with van der Waals surface area (Å²) < 4.78 is 1.10. The summed E-state index contributed by atoms with van der Waals surface area (Å²) in [7, 11) is 0. The number of aromatic nitrogens is 1. The van der Waals surface area contributed by atoms with Crippen LogP contribution in [-0.2, 0) is 6.42 Å². The van der Waals surface area contributed by atoms with Crippen molar-refractivity contribution in [2.45, 2.75) is 11.8 Å². The molecule has 0 fully saturated rings. The van der Waals surface area contributed by atoms with Crippen LogP contribution in [0.2, 0.25) is 10.0 Å². The molecule has 0 aliphatic rings. The predicted molar refractivity (Wildman–Crippen MR) is 85.7 cm³/mol. The lowest BCUT2D eigenvalue weighted by Crippen LogP contribution is -1.99. The fourth-order valence-corrected chi connectivity index (χ4v) is 3.25. The van der Waals surface area contributed by atoms with Gasteiger partial charge in [0.1, 0.15) is 0 Å². The molecule has 18 heavy (non-hydrogen) atoms. The summed E-state index contributed by atoms with van der Waals surface area (Å²) in [6.07, 6.45) is 4.00. The first-order valence-electron chi connectivity index (χ1n) is 5.25. The van der Waals surface area contributed by atoms with Crippen molar-refractivity contribution in [2.75, 3.05) is 0 Å². The third kappa shape index (κ3) is 3.50. The zero-order valence-corrected chi connectivity index (χ0v) is 13.6. The van der Waals surface area contributed by atoms with Crippen LogP contribution in [0.3, 0.4) is 0 Å². The summed E-state index contributed by atoms with van der Waals surface area (Å²) in [5.41, 5.74) is 2.01. The Labute approximate surface area is 135 Å². The maximum atomic E-state index is 6.45. The first kappa shape index (κ1) is 14.4. The van der Waals surface area contributed by atoms with Crippen molar-refractivity contribution in [1.29, 1.82) is 0 Å². The van der Waals surface area contributed by atoms with Gasteiger partial charge < -0.3 is 0 Å². The summed E-state index contributed by atoms with van der Waals surface area (Å²) in [5, 5.41) is 1.17. The molecule has 0 spiro atoms. The largest absolute Gasteiger partial charge is 0.263 e. The lowest BCUT2D eigenvalue weighted by atomic mass is 10.0. The Morgan fingerprint density at radius 1 is 1.22 bits per heavy atom. The number of nitrogens with zero attached hydrogens (tertiary/aromatic N) is 1. The van der Waals surface area contributed by atoms with Gasteiger partial charge in [0.05, 0.1) is 10.4 Å². The van der Waals surface area contributed by atoms with Gasteiger partial charge in [0.25, 0.3) is 0 Å². The first-order valence-corrected chi connectivity index (χ1v) is 7.52. The van der Waals surface area contributed by atoms with Crippen LogP contribution >= 0.6 is 57.4 Å². The minimum Gasteiger partial charge on any atom is -0.263 e. The summed E-state index contributed by atoms with van der Waals surface area (Å²) in [6, 6.07) is 7.60. The standard InChI is InChI=1S/C13H9Cl3IN/c14-9-1-2-13(17)10(6-9)11(15)5-8-3-4-18-7-12(8)16/h1-4,6-7,11H,5H2. The van der Waals surface area contributed by atoms with Crippen LogP contribution in [-0.4, -0.2) is 4.98 Å². The van der Waals surface area contributed by atoms with Crippen molar-refractivity contribution in [2.24, 2.45) is 0 Å². The van der Waals surface area contributed by atoms with E-state index in [1.165, 1.54) is 0 Å². The monoisotopic (exact) mass is 411 g/mol. The minimum absolute atomic E-state index is 0.157. The zero-order chi connectivity index (χ0) is 13.1. The highest BCUT2D eigenvalue weighted by Crippen LogP contribution is 2.32. The Hall–Kier alpha value is -0.0300. The Kier molecular flexibility index (Phi) is 5.13. The zero-order valence-electron chi connectivity index (χ0n) is 9.21. The van der Waals surface area contributed by atoms with Crippen molar-refractivity contribution in [3.63, 3.8) is 0 Å². The Morgan fingerprint density at radius 3 is 2.72 bits per heavy atom. The SMILES string of the molecule is Clc1ccc(I)c(C(Cl)Cc2ccncc2Cl)c1. The van der Waals surface area contributed by atoms with Crippen molar-refractivity contribution in [3.8, 4) is 0 Å². The molecule has 0 bridgehead atoms. The van der Waals surface area contributed by atoms with Crippen molar-refractivity contribution in [3.05, 3.63) is 61.4 Å². The third-order valence-corrected chi connectivity index (χ3v) is 4.50. The quantitative estimate of drug-likeness (QED) is 0.478. The molecular weight excluding hydrogens is 403 g/mol. The molecule has 0 aliphatic carbocycles. The number of rotatable bonds is 3. The molecule has 0 aliphatic heterocycles. The van der Waals surface area contributed by atoms with Gasteiger partial charge >= 0.3 is 0 Å². The summed E-state index contributed by atoms with van der Waals surface area (Å²) in [5.74, 6) is 0. The highest BCUT2D eigenvalue weighted by Gasteiger charge is 2.14. The number of hydrogen-bond acceptors (Lipinski definition) is 1. The molecule has 1 unspecified atom stereocenters. The van der Waals surface area contributed by atoms with E-state index < -0.39 is 0 Å². The molecule has 1 nitrogen and oxygen atoms in total. The van der Waals surface area contributed by atoms with E-state index in [4.69, 9.17) is 34.8 Å². The molecule has 2 aromatic rings. The smallest absolute Gasteiger partial charge is 0.0636 e. The minimum atomic E-state index is -0.157. The number of benzene rings is 1. The van der Waals surface area contributed by atoms with Gasteiger partial charge in [-0.1, -0.05) is 23.2 Å². The maximum absolute atomic E-state index is 6.45. The molecule has 0 radical (unpaired) electrons. The van der Waals surface area contributed by atoms with Gasteiger partial charge in [-0.05, 0) is 64.4 Å². The highest BCUT2D eigenvalue weighted by molar-refractivity contribution is 14.1. The first-order chi connectivity index (χ1) is 8.58. The van der Waals surface area contributed by atoms with Gasteiger partial charge in [-0.2, -0.15) is 0 Å². The summed E-state index contributed by atoms with van der Waals surface area (Å²) >= 11 is 20.8. The van der Waals surface area contributed by atoms with Crippen LogP contribution < -0.4 is 0 Å². The van der Waals surface area contributed by atoms with E-state index in [2.05, 4.69) is 27.6 Å². The molecule has 0 saturated carbocycles. The van der Waals surface area contributed by atoms with Gasteiger partial charge in [0, 0.05) is 21.0 Å². The highest BCUT2D eigenvalue weighted by atomic mass is 127. The van der Waals surface area contributed by atoms with E-state index in [0.717, 1.165) is 14.7 Å². The van der Waals surface area contributed by atoms with Crippen molar-refractivity contribution < 1.29 is 0 Å². The fraction of sp³-hybridized carbons (Fsp3) is 0.154. The van der Waals surface area contributed by atoms with E-state index >= 15 is 0 Å². The number of halogens is 4. The molecule has 1 heterocycles. The molecule has 5 heteroatoms. The second-order valence-corrected chi connectivity index (χ2v) is 6.34. The molecule has 1 atom stereocenters. The summed E-state index contributed by atoms with van der Waals surface area (Å²) in [6.45, 7) is 0. The molecule has 1 aromatic carbocycles. The van der Waals surface area contributed by atoms with Crippen LogP contribution in [0.1, 0.15) is 16.5 Å². The van der Waals surface area contributed by atoms with Crippen molar-refractivity contribution >= 4 is 57.4 Å². The van der Waals surface area contributed by atoms with E-state index in [1.807, 2.05) is 24.3 Å². The maximum Gasteiger partial charge on any atom is 0.0636 e. The van der Waals surface area contributed by atoms with Gasteiger partial charge in [0.2, 0.25) is 0 Å². The number of alkyl halides is 1. The number of pyridine rings is 1. The van der Waals surface area contributed by atoms with E-state index in [-0.39, 0.29) is 5.38 Å². The molecule has 0 saturated heterocycles. The van der Waals surface area contributed by atoms with Crippen LogP contribution in [0.15, 0.2) is 36.7 Å². The molecule has 0 N–H and O–H groups in total. The van der Waals surface area contributed by atoms with Crippen LogP contribution in [0.5, 0.6) is 0 Å². The Morgan fingerprint density at radius 2 is 2.00 bits per heavy atom. The van der Waals surface area contributed by atoms with E-state index in [0.29, 0.717) is 16.5 Å². The van der Waals surface area contributed by atoms with Gasteiger partial charge in [0.15, 0.2) is 0 Å². The molecular formula is C13H9Cl3IN. The average Bonchev–Trinajstić information content (AvgIpc) is 2.35. The Bertz CT molecular complexity index is 560. The van der Waals surface area contributed by atoms with Crippen LogP contribution in [0.4, 0.5) is 0 Å². The molecule has 94 valence electrons. The normalized spacial score (nSPS) is 12.4. The lowest BCUT2D eigenvalue weighted by Gasteiger charge is -2.13. The van der Waals surface area contributed by atoms with Gasteiger partial charge in [-0.3, -0.25) is 4.98 Å². The van der Waals surface area contributed by atoms with Gasteiger partial charge in [-0.25, -0.2) is 0 Å². The van der Waals surface area contributed by atoms with Crippen molar-refractivity contribution in [1.82, 2.24) is 4.98 Å². The predicted octanol–water partition coefficient (Wildman–Crippen LogP) is 5.52. The Balaban J connectivity index is 2.25. The van der Waals surface area contributed by atoms with Crippen LogP contribution in [0.25, 0.3) is 0 Å². The summed E-state index contributed by atoms with van der Waals surface area (Å²) in [4.78, 5) is 3.96.